The zero-order valence-corrected chi connectivity index (χ0v) is 7.93. The van der Waals surface area contributed by atoms with Crippen molar-refractivity contribution in [2.45, 2.75) is 12.5 Å². The number of anilines is 1. The van der Waals surface area contributed by atoms with Crippen LogP contribution < -0.4 is 11.5 Å². The van der Waals surface area contributed by atoms with Crippen molar-refractivity contribution in [1.82, 2.24) is 4.98 Å². The molecule has 1 aromatic heterocycles. The topological polar surface area (TPSA) is 91.2 Å². The molecule has 0 aliphatic carbocycles. The van der Waals surface area contributed by atoms with Gasteiger partial charge in [-0.3, -0.25) is 4.79 Å². The zero-order valence-electron chi connectivity index (χ0n) is 7.93. The number of hydrogen-bond acceptors (Lipinski definition) is 5. The van der Waals surface area contributed by atoms with Gasteiger partial charge < -0.3 is 16.2 Å². The summed E-state index contributed by atoms with van der Waals surface area (Å²) in [5.41, 5.74) is 12.0. The molecule has 0 aromatic carbocycles. The Balaban J connectivity index is 2.74. The fourth-order valence-corrected chi connectivity index (χ4v) is 1.12. The second kappa shape index (κ2) is 4.57. The van der Waals surface area contributed by atoms with E-state index in [4.69, 9.17) is 11.5 Å². The first-order chi connectivity index (χ1) is 6.65. The van der Waals surface area contributed by atoms with Gasteiger partial charge in [0.25, 0.3) is 0 Å². The van der Waals surface area contributed by atoms with Crippen LogP contribution in [-0.4, -0.2) is 18.1 Å². The number of esters is 1. The van der Waals surface area contributed by atoms with Gasteiger partial charge in [0, 0.05) is 17.8 Å². The molecule has 1 atom stereocenters. The summed E-state index contributed by atoms with van der Waals surface area (Å²) in [4.78, 5) is 14.8. The highest BCUT2D eigenvalue weighted by molar-refractivity contribution is 5.70. The van der Waals surface area contributed by atoms with Gasteiger partial charge in [-0.05, 0) is 6.07 Å². The van der Waals surface area contributed by atoms with Crippen molar-refractivity contribution in [2.75, 3.05) is 12.8 Å². The van der Waals surface area contributed by atoms with Crippen LogP contribution in [0.25, 0.3) is 0 Å². The van der Waals surface area contributed by atoms with Gasteiger partial charge in [-0.1, -0.05) is 6.07 Å². The molecule has 0 fully saturated rings. The maximum Gasteiger partial charge on any atom is 0.307 e. The van der Waals surface area contributed by atoms with Gasteiger partial charge in [-0.15, -0.1) is 0 Å². The highest BCUT2D eigenvalue weighted by Crippen LogP contribution is 2.18. The third kappa shape index (κ3) is 2.43. The van der Waals surface area contributed by atoms with Crippen LogP contribution >= 0.6 is 0 Å². The number of ether oxygens (including phenoxy) is 1. The van der Waals surface area contributed by atoms with Crippen LogP contribution in [0, 0.1) is 0 Å². The molecule has 0 radical (unpaired) electrons. The van der Waals surface area contributed by atoms with Crippen LogP contribution in [0.1, 0.15) is 18.0 Å². The summed E-state index contributed by atoms with van der Waals surface area (Å²) < 4.78 is 4.50. The van der Waals surface area contributed by atoms with E-state index in [1.807, 2.05) is 0 Å². The van der Waals surface area contributed by atoms with Gasteiger partial charge in [-0.25, -0.2) is 4.98 Å². The normalized spacial score (nSPS) is 12.1. The summed E-state index contributed by atoms with van der Waals surface area (Å²) in [7, 11) is 1.32. The van der Waals surface area contributed by atoms with E-state index < -0.39 is 6.04 Å². The molecule has 14 heavy (non-hydrogen) atoms. The number of nitrogens with two attached hydrogens (primary N) is 2. The number of carbonyl (C=O) groups is 1. The highest BCUT2D eigenvalue weighted by Gasteiger charge is 2.14. The number of aromatic nitrogens is 1. The second-order valence-electron chi connectivity index (χ2n) is 2.86. The Morgan fingerprint density at radius 3 is 3.00 bits per heavy atom. The van der Waals surface area contributed by atoms with Gasteiger partial charge in [0.2, 0.25) is 0 Å². The first kappa shape index (κ1) is 10.5. The van der Waals surface area contributed by atoms with E-state index in [2.05, 4.69) is 9.72 Å². The number of rotatable bonds is 3. The molecule has 0 spiro atoms. The molecular formula is C9H13N3O2. The minimum absolute atomic E-state index is 0.104. The minimum atomic E-state index is -0.462. The summed E-state index contributed by atoms with van der Waals surface area (Å²) in [5, 5.41) is 0. The molecule has 5 nitrogen and oxygen atoms in total. The molecule has 0 saturated carbocycles. The Morgan fingerprint density at radius 1 is 1.71 bits per heavy atom. The van der Waals surface area contributed by atoms with Crippen molar-refractivity contribution in [3.8, 4) is 0 Å². The van der Waals surface area contributed by atoms with E-state index in [9.17, 15) is 4.79 Å². The largest absolute Gasteiger partial charge is 0.469 e. The first-order valence-electron chi connectivity index (χ1n) is 4.18. The van der Waals surface area contributed by atoms with E-state index in [0.717, 1.165) is 0 Å². The van der Waals surface area contributed by atoms with E-state index in [0.29, 0.717) is 11.4 Å². The van der Waals surface area contributed by atoms with E-state index in [-0.39, 0.29) is 12.4 Å². The monoisotopic (exact) mass is 195 g/mol. The average molecular weight is 195 g/mol. The standard InChI is InChI=1S/C9H13N3O2/c1-14-8(13)5-7(10)6-3-2-4-12-9(6)11/h2-4,7H,5,10H2,1H3,(H2,11,12)/t7-/m0/s1. The fourth-order valence-electron chi connectivity index (χ4n) is 1.12. The van der Waals surface area contributed by atoms with E-state index in [1.165, 1.54) is 7.11 Å². The van der Waals surface area contributed by atoms with Crippen LogP contribution in [0.3, 0.4) is 0 Å². The molecule has 0 bridgehead atoms. The molecular weight excluding hydrogens is 182 g/mol. The maximum absolute atomic E-state index is 10.9. The summed E-state index contributed by atoms with van der Waals surface area (Å²) in [5.74, 6) is -0.00958. The molecule has 0 amide bonds. The van der Waals surface area contributed by atoms with Crippen molar-refractivity contribution >= 4 is 11.8 Å². The van der Waals surface area contributed by atoms with Gasteiger partial charge in [0.1, 0.15) is 5.82 Å². The van der Waals surface area contributed by atoms with Crippen LogP contribution in [0.2, 0.25) is 0 Å². The van der Waals surface area contributed by atoms with Crippen molar-refractivity contribution in [1.29, 1.82) is 0 Å². The van der Waals surface area contributed by atoms with Crippen LogP contribution in [0.15, 0.2) is 18.3 Å². The molecule has 0 aliphatic rings. The molecule has 1 rings (SSSR count). The van der Waals surface area contributed by atoms with Crippen molar-refractivity contribution in [3.63, 3.8) is 0 Å². The average Bonchev–Trinajstić information content (AvgIpc) is 2.18. The molecule has 0 unspecified atom stereocenters. The quantitative estimate of drug-likeness (QED) is 0.673. The SMILES string of the molecule is COC(=O)C[C@H](N)c1cccnc1N. The zero-order chi connectivity index (χ0) is 10.6. The Morgan fingerprint density at radius 2 is 2.43 bits per heavy atom. The van der Waals surface area contributed by atoms with Gasteiger partial charge in [0.05, 0.1) is 13.5 Å². The minimum Gasteiger partial charge on any atom is -0.469 e. The molecule has 0 saturated heterocycles. The summed E-state index contributed by atoms with van der Waals surface area (Å²) in [6, 6.07) is 3.01. The molecule has 1 heterocycles. The summed E-state index contributed by atoms with van der Waals surface area (Å²) >= 11 is 0. The molecule has 1 aromatic rings. The lowest BCUT2D eigenvalue weighted by atomic mass is 10.1. The van der Waals surface area contributed by atoms with E-state index in [1.54, 1.807) is 18.3 Å². The third-order valence-corrected chi connectivity index (χ3v) is 1.88. The van der Waals surface area contributed by atoms with Crippen LogP contribution in [-0.2, 0) is 9.53 Å². The van der Waals surface area contributed by atoms with Gasteiger partial charge >= 0.3 is 5.97 Å². The second-order valence-corrected chi connectivity index (χ2v) is 2.86. The number of nitrogens with zero attached hydrogens (tertiary/aromatic N) is 1. The fraction of sp³-hybridized carbons (Fsp3) is 0.333. The number of pyridine rings is 1. The lowest BCUT2D eigenvalue weighted by Crippen LogP contribution is -2.18. The highest BCUT2D eigenvalue weighted by atomic mass is 16.5. The summed E-state index contributed by atoms with van der Waals surface area (Å²) in [6.45, 7) is 0. The van der Waals surface area contributed by atoms with Crippen LogP contribution in [0.4, 0.5) is 5.82 Å². The summed E-state index contributed by atoms with van der Waals surface area (Å²) in [6.07, 6.45) is 1.68. The maximum atomic E-state index is 10.9. The lowest BCUT2D eigenvalue weighted by Gasteiger charge is -2.11. The third-order valence-electron chi connectivity index (χ3n) is 1.88. The Hall–Kier alpha value is -1.62. The number of hydrogen-bond donors (Lipinski definition) is 2. The Labute approximate surface area is 82.1 Å². The lowest BCUT2D eigenvalue weighted by molar-refractivity contribution is -0.141. The van der Waals surface area contributed by atoms with E-state index >= 15 is 0 Å². The molecule has 0 aliphatic heterocycles. The van der Waals surface area contributed by atoms with Gasteiger partial charge in [0.15, 0.2) is 0 Å². The van der Waals surface area contributed by atoms with Crippen molar-refractivity contribution in [3.05, 3.63) is 23.9 Å². The van der Waals surface area contributed by atoms with Crippen LogP contribution in [0.5, 0.6) is 0 Å². The predicted octanol–water partition coefficient (Wildman–Crippen LogP) is 0.227. The first-order valence-corrected chi connectivity index (χ1v) is 4.18. The number of carbonyl (C=O) groups excluding carboxylic acids is 1. The van der Waals surface area contributed by atoms with Gasteiger partial charge in [-0.2, -0.15) is 0 Å². The Kier molecular flexibility index (Phi) is 3.41. The molecule has 5 heteroatoms. The smallest absolute Gasteiger partial charge is 0.307 e. The van der Waals surface area contributed by atoms with Crippen molar-refractivity contribution in [2.24, 2.45) is 5.73 Å². The predicted molar refractivity (Wildman–Crippen MR) is 52.2 cm³/mol. The van der Waals surface area contributed by atoms with Crippen molar-refractivity contribution < 1.29 is 9.53 Å². The Bertz CT molecular complexity index is 328. The number of nitrogen functional groups attached to an aromatic ring is 1. The number of methoxy groups -OCH3 is 1. The molecule has 76 valence electrons. The molecule has 4 N–H and O–H groups in total.